The van der Waals surface area contributed by atoms with Crippen molar-refractivity contribution in [3.63, 3.8) is 0 Å². The SMILES string of the molecule is CCn1c(COc2ccc(C)cc2)cc2c(Cl)cccc21. The van der Waals surface area contributed by atoms with Crippen LogP contribution in [0.15, 0.2) is 48.5 Å². The quantitative estimate of drug-likeness (QED) is 0.645. The standard InChI is InChI=1S/C18H18ClNO/c1-3-20-14(11-16-17(19)5-4-6-18(16)20)12-21-15-9-7-13(2)8-10-15/h4-11H,3,12H2,1-2H3. The van der Waals surface area contributed by atoms with E-state index < -0.39 is 0 Å². The first kappa shape index (κ1) is 14.0. The number of hydrogen-bond acceptors (Lipinski definition) is 1. The van der Waals surface area contributed by atoms with E-state index in [4.69, 9.17) is 16.3 Å². The van der Waals surface area contributed by atoms with Crippen molar-refractivity contribution in [1.82, 2.24) is 4.57 Å². The van der Waals surface area contributed by atoms with Gasteiger partial charge in [-0.05, 0) is 44.2 Å². The lowest BCUT2D eigenvalue weighted by Crippen LogP contribution is -2.04. The van der Waals surface area contributed by atoms with Crippen LogP contribution < -0.4 is 4.74 Å². The summed E-state index contributed by atoms with van der Waals surface area (Å²) in [6.07, 6.45) is 0. The van der Waals surface area contributed by atoms with Gasteiger partial charge in [-0.3, -0.25) is 0 Å². The Morgan fingerprint density at radius 2 is 1.86 bits per heavy atom. The van der Waals surface area contributed by atoms with Gasteiger partial charge in [-0.25, -0.2) is 0 Å². The topological polar surface area (TPSA) is 14.2 Å². The van der Waals surface area contributed by atoms with Gasteiger partial charge in [-0.15, -0.1) is 0 Å². The fourth-order valence-corrected chi connectivity index (χ4v) is 2.81. The first-order valence-electron chi connectivity index (χ1n) is 7.15. The second kappa shape index (κ2) is 5.82. The molecule has 0 saturated carbocycles. The third-order valence-corrected chi connectivity index (χ3v) is 4.03. The van der Waals surface area contributed by atoms with Gasteiger partial charge >= 0.3 is 0 Å². The van der Waals surface area contributed by atoms with Crippen molar-refractivity contribution in [1.29, 1.82) is 0 Å². The fraction of sp³-hybridized carbons (Fsp3) is 0.222. The van der Waals surface area contributed by atoms with E-state index in [0.29, 0.717) is 6.61 Å². The third kappa shape index (κ3) is 2.77. The number of ether oxygens (including phenoxy) is 1. The minimum Gasteiger partial charge on any atom is -0.487 e. The predicted octanol–water partition coefficient (Wildman–Crippen LogP) is 5.20. The van der Waals surface area contributed by atoms with E-state index >= 15 is 0 Å². The van der Waals surface area contributed by atoms with Crippen LogP contribution in [0.4, 0.5) is 0 Å². The Hall–Kier alpha value is -1.93. The molecule has 0 aliphatic carbocycles. The molecular weight excluding hydrogens is 282 g/mol. The molecule has 3 aromatic rings. The second-order valence-electron chi connectivity index (χ2n) is 5.15. The number of nitrogens with zero attached hydrogens (tertiary/aromatic N) is 1. The molecule has 0 amide bonds. The Morgan fingerprint density at radius 3 is 2.57 bits per heavy atom. The summed E-state index contributed by atoms with van der Waals surface area (Å²) < 4.78 is 8.14. The number of rotatable bonds is 4. The lowest BCUT2D eigenvalue weighted by Gasteiger charge is -2.10. The van der Waals surface area contributed by atoms with Gasteiger partial charge in [-0.2, -0.15) is 0 Å². The Kier molecular flexibility index (Phi) is 3.89. The van der Waals surface area contributed by atoms with Crippen molar-refractivity contribution >= 4 is 22.5 Å². The monoisotopic (exact) mass is 299 g/mol. The van der Waals surface area contributed by atoms with Crippen molar-refractivity contribution in [2.45, 2.75) is 27.0 Å². The molecule has 3 heteroatoms. The fourth-order valence-electron chi connectivity index (χ4n) is 2.59. The summed E-state index contributed by atoms with van der Waals surface area (Å²) in [5.41, 5.74) is 3.53. The number of benzene rings is 2. The number of fused-ring (bicyclic) bond motifs is 1. The minimum atomic E-state index is 0.544. The van der Waals surface area contributed by atoms with Gasteiger partial charge in [0.15, 0.2) is 0 Å². The summed E-state index contributed by atoms with van der Waals surface area (Å²) in [5.74, 6) is 0.889. The average Bonchev–Trinajstić information content (AvgIpc) is 2.86. The zero-order valence-electron chi connectivity index (χ0n) is 12.3. The smallest absolute Gasteiger partial charge is 0.128 e. The maximum Gasteiger partial charge on any atom is 0.128 e. The van der Waals surface area contributed by atoms with Crippen LogP contribution in [0, 0.1) is 6.92 Å². The molecular formula is C18H18ClNO. The van der Waals surface area contributed by atoms with Crippen molar-refractivity contribution in [3.05, 3.63) is 64.8 Å². The molecule has 108 valence electrons. The highest BCUT2D eigenvalue weighted by molar-refractivity contribution is 6.35. The Balaban J connectivity index is 1.89. The lowest BCUT2D eigenvalue weighted by atomic mass is 10.2. The lowest BCUT2D eigenvalue weighted by molar-refractivity contribution is 0.296. The van der Waals surface area contributed by atoms with Gasteiger partial charge in [0.1, 0.15) is 12.4 Å². The molecule has 21 heavy (non-hydrogen) atoms. The summed E-state index contributed by atoms with van der Waals surface area (Å²) in [6, 6.07) is 16.2. The van der Waals surface area contributed by atoms with Crippen LogP contribution in [0.2, 0.25) is 5.02 Å². The van der Waals surface area contributed by atoms with E-state index in [1.807, 2.05) is 24.3 Å². The molecule has 0 bridgehead atoms. The van der Waals surface area contributed by atoms with E-state index in [-0.39, 0.29) is 0 Å². The second-order valence-corrected chi connectivity index (χ2v) is 5.56. The molecule has 1 aromatic heterocycles. The third-order valence-electron chi connectivity index (χ3n) is 3.70. The number of aromatic nitrogens is 1. The largest absolute Gasteiger partial charge is 0.487 e. The van der Waals surface area contributed by atoms with E-state index in [2.05, 4.69) is 42.7 Å². The molecule has 0 atom stereocenters. The zero-order valence-corrected chi connectivity index (χ0v) is 13.0. The first-order chi connectivity index (χ1) is 10.2. The molecule has 0 N–H and O–H groups in total. The van der Waals surface area contributed by atoms with Gasteiger partial charge in [0.05, 0.1) is 5.69 Å². The van der Waals surface area contributed by atoms with Crippen LogP contribution in [-0.2, 0) is 13.2 Å². The van der Waals surface area contributed by atoms with Gasteiger partial charge in [-0.1, -0.05) is 35.4 Å². The van der Waals surface area contributed by atoms with E-state index in [9.17, 15) is 0 Å². The summed E-state index contributed by atoms with van der Waals surface area (Å²) in [6.45, 7) is 5.65. The number of hydrogen-bond donors (Lipinski definition) is 0. The number of aryl methyl sites for hydroxylation is 2. The summed E-state index contributed by atoms with van der Waals surface area (Å²) in [7, 11) is 0. The Labute approximate surface area is 129 Å². The summed E-state index contributed by atoms with van der Waals surface area (Å²) in [5, 5.41) is 1.87. The van der Waals surface area contributed by atoms with Crippen LogP contribution in [-0.4, -0.2) is 4.57 Å². The highest BCUT2D eigenvalue weighted by Gasteiger charge is 2.10. The van der Waals surface area contributed by atoms with Crippen molar-refractivity contribution in [2.24, 2.45) is 0 Å². The highest BCUT2D eigenvalue weighted by Crippen LogP contribution is 2.27. The maximum atomic E-state index is 6.28. The molecule has 0 aliphatic rings. The molecule has 0 aliphatic heterocycles. The Morgan fingerprint density at radius 1 is 1.10 bits per heavy atom. The molecule has 1 heterocycles. The molecule has 0 unspecified atom stereocenters. The number of halogens is 1. The summed E-state index contributed by atoms with van der Waals surface area (Å²) in [4.78, 5) is 0. The minimum absolute atomic E-state index is 0.544. The van der Waals surface area contributed by atoms with E-state index in [1.165, 1.54) is 5.56 Å². The van der Waals surface area contributed by atoms with Crippen LogP contribution in [0.1, 0.15) is 18.2 Å². The maximum absolute atomic E-state index is 6.28. The zero-order chi connectivity index (χ0) is 14.8. The van der Waals surface area contributed by atoms with Crippen molar-refractivity contribution in [2.75, 3.05) is 0 Å². The van der Waals surface area contributed by atoms with E-state index in [0.717, 1.165) is 33.9 Å². The average molecular weight is 300 g/mol. The van der Waals surface area contributed by atoms with Crippen molar-refractivity contribution in [3.8, 4) is 5.75 Å². The van der Waals surface area contributed by atoms with Crippen LogP contribution in [0.3, 0.4) is 0 Å². The normalized spacial score (nSPS) is 11.0. The predicted molar refractivity (Wildman–Crippen MR) is 88.1 cm³/mol. The summed E-state index contributed by atoms with van der Waals surface area (Å²) >= 11 is 6.28. The first-order valence-corrected chi connectivity index (χ1v) is 7.53. The molecule has 2 nitrogen and oxygen atoms in total. The molecule has 3 rings (SSSR count). The molecule has 2 aromatic carbocycles. The molecule has 0 radical (unpaired) electrons. The van der Waals surface area contributed by atoms with Gasteiger partial charge < -0.3 is 9.30 Å². The Bertz CT molecular complexity index is 759. The van der Waals surface area contributed by atoms with E-state index in [1.54, 1.807) is 0 Å². The van der Waals surface area contributed by atoms with Crippen LogP contribution in [0.5, 0.6) is 5.75 Å². The van der Waals surface area contributed by atoms with Crippen LogP contribution >= 0.6 is 11.6 Å². The molecule has 0 spiro atoms. The molecule has 0 fully saturated rings. The van der Waals surface area contributed by atoms with Crippen molar-refractivity contribution < 1.29 is 4.74 Å². The highest BCUT2D eigenvalue weighted by atomic mass is 35.5. The van der Waals surface area contributed by atoms with Gasteiger partial charge in [0.2, 0.25) is 0 Å². The van der Waals surface area contributed by atoms with Gasteiger partial charge in [0, 0.05) is 22.5 Å². The van der Waals surface area contributed by atoms with Crippen LogP contribution in [0.25, 0.3) is 10.9 Å². The molecule has 0 saturated heterocycles. The van der Waals surface area contributed by atoms with Gasteiger partial charge in [0.25, 0.3) is 0 Å².